The lowest BCUT2D eigenvalue weighted by Gasteiger charge is -2.14. The number of ether oxygens (including phenoxy) is 2. The van der Waals surface area contributed by atoms with Crippen LogP contribution in [0.4, 0.5) is 5.69 Å². The predicted molar refractivity (Wildman–Crippen MR) is 141 cm³/mol. The van der Waals surface area contributed by atoms with E-state index >= 15 is 0 Å². The molecule has 0 amide bonds. The van der Waals surface area contributed by atoms with Crippen LogP contribution in [0.25, 0.3) is 16.9 Å². The molecule has 0 atom stereocenters. The van der Waals surface area contributed by atoms with Gasteiger partial charge in [-0.15, -0.1) is 5.10 Å². The number of hydrogen-bond acceptors (Lipinski definition) is 8. The summed E-state index contributed by atoms with van der Waals surface area (Å²) in [7, 11) is -2.03. The van der Waals surface area contributed by atoms with E-state index in [1.54, 1.807) is 18.0 Å². The van der Waals surface area contributed by atoms with Gasteiger partial charge >= 0.3 is 0 Å². The summed E-state index contributed by atoms with van der Waals surface area (Å²) < 4.78 is 38.8. The van der Waals surface area contributed by atoms with E-state index in [2.05, 4.69) is 20.3 Å². The fraction of sp³-hybridized carbons (Fsp3) is 0.200. The molecule has 3 N–H and O–H groups in total. The van der Waals surface area contributed by atoms with Crippen molar-refractivity contribution in [2.24, 2.45) is 10.7 Å². The van der Waals surface area contributed by atoms with Gasteiger partial charge in [0.1, 0.15) is 28.7 Å². The van der Waals surface area contributed by atoms with Crippen molar-refractivity contribution in [3.05, 3.63) is 78.8 Å². The van der Waals surface area contributed by atoms with Crippen LogP contribution in [0.5, 0.6) is 11.5 Å². The Bertz CT molecular complexity index is 1440. The van der Waals surface area contributed by atoms with Crippen molar-refractivity contribution in [1.82, 2.24) is 20.0 Å². The molecule has 2 aromatic heterocycles. The molecule has 0 spiro atoms. The molecule has 0 bridgehead atoms. The number of benzene rings is 2. The lowest BCUT2D eigenvalue weighted by Crippen LogP contribution is -2.14. The summed E-state index contributed by atoms with van der Waals surface area (Å²) in [5.74, 6) is 1.76. The number of rotatable bonds is 7. The van der Waals surface area contributed by atoms with E-state index < -0.39 is 10.1 Å². The van der Waals surface area contributed by atoms with Crippen LogP contribution in [0.1, 0.15) is 19.5 Å². The molecule has 4 aromatic rings. The molecule has 194 valence electrons. The highest BCUT2D eigenvalue weighted by Crippen LogP contribution is 2.33. The molecule has 0 aliphatic rings. The molecular weight excluding hydrogens is 496 g/mol. The summed E-state index contributed by atoms with van der Waals surface area (Å²) in [6, 6.07) is 18.7. The molecule has 0 aliphatic carbocycles. The van der Waals surface area contributed by atoms with E-state index in [1.807, 2.05) is 80.7 Å². The van der Waals surface area contributed by atoms with Crippen molar-refractivity contribution in [3.8, 4) is 28.4 Å². The summed E-state index contributed by atoms with van der Waals surface area (Å²) in [6.45, 7) is 3.94. The highest BCUT2D eigenvalue weighted by molar-refractivity contribution is 7.85. The van der Waals surface area contributed by atoms with Gasteiger partial charge in [0, 0.05) is 17.8 Å². The normalized spacial score (nSPS) is 11.6. The zero-order valence-corrected chi connectivity index (χ0v) is 21.6. The molecule has 0 fully saturated rings. The van der Waals surface area contributed by atoms with E-state index in [-0.39, 0.29) is 6.10 Å². The Kier molecular flexibility index (Phi) is 8.93. The van der Waals surface area contributed by atoms with Crippen molar-refractivity contribution in [1.29, 1.82) is 0 Å². The minimum atomic E-state index is -3.67. The summed E-state index contributed by atoms with van der Waals surface area (Å²) in [6.07, 6.45) is 4.22. The van der Waals surface area contributed by atoms with Crippen molar-refractivity contribution >= 4 is 21.6 Å². The first-order valence-corrected chi connectivity index (χ1v) is 12.9. The van der Waals surface area contributed by atoms with Gasteiger partial charge in [-0.2, -0.15) is 8.42 Å². The van der Waals surface area contributed by atoms with Crippen LogP contribution in [0.2, 0.25) is 0 Å². The molecule has 0 aliphatic heterocycles. The molecule has 0 saturated carbocycles. The van der Waals surface area contributed by atoms with Gasteiger partial charge in [0.2, 0.25) is 0 Å². The number of aliphatic imine (C=N–C) groups is 1. The second-order valence-corrected chi connectivity index (χ2v) is 9.50. The third kappa shape index (κ3) is 8.40. The van der Waals surface area contributed by atoms with Crippen LogP contribution in [-0.4, -0.2) is 58.3 Å². The van der Waals surface area contributed by atoms with Gasteiger partial charge in [0.15, 0.2) is 0 Å². The molecule has 0 unspecified atom stereocenters. The Morgan fingerprint density at radius 1 is 1.11 bits per heavy atom. The van der Waals surface area contributed by atoms with Crippen LogP contribution in [0, 0.1) is 0 Å². The summed E-state index contributed by atoms with van der Waals surface area (Å²) in [5, 5.41) is 8.61. The number of aromatic nitrogens is 4. The summed E-state index contributed by atoms with van der Waals surface area (Å²) in [5.41, 5.74) is 9.78. The Labute approximate surface area is 215 Å². The van der Waals surface area contributed by atoms with Crippen LogP contribution in [0.15, 0.2) is 78.0 Å². The molecule has 37 heavy (non-hydrogen) atoms. The van der Waals surface area contributed by atoms with Gasteiger partial charge in [-0.25, -0.2) is 9.67 Å². The van der Waals surface area contributed by atoms with Crippen molar-refractivity contribution < 1.29 is 22.4 Å². The fourth-order valence-corrected chi connectivity index (χ4v) is 3.10. The van der Waals surface area contributed by atoms with Gasteiger partial charge in [-0.05, 0) is 62.4 Å². The maximum atomic E-state index is 9.19. The smallest absolute Gasteiger partial charge is 0.261 e. The number of amidine groups is 1. The molecule has 0 radical (unpaired) electrons. The molecule has 12 heteroatoms. The van der Waals surface area contributed by atoms with Crippen molar-refractivity contribution in [3.63, 3.8) is 0 Å². The van der Waals surface area contributed by atoms with Gasteiger partial charge in [-0.1, -0.05) is 11.3 Å². The van der Waals surface area contributed by atoms with E-state index in [0.717, 1.165) is 17.0 Å². The molecule has 0 saturated heterocycles. The van der Waals surface area contributed by atoms with E-state index in [4.69, 9.17) is 19.8 Å². The van der Waals surface area contributed by atoms with Crippen LogP contribution in [0.3, 0.4) is 0 Å². The maximum absolute atomic E-state index is 9.19. The minimum Gasteiger partial charge on any atom is -0.497 e. The monoisotopic (exact) mass is 524 g/mol. The number of nitrogens with zero attached hydrogens (tertiary/aromatic N) is 5. The van der Waals surface area contributed by atoms with Crippen LogP contribution in [-0.2, 0) is 10.1 Å². The average Bonchev–Trinajstić information content (AvgIpc) is 3.33. The molecule has 2 heterocycles. The second kappa shape index (κ2) is 12.1. The van der Waals surface area contributed by atoms with Crippen LogP contribution >= 0.6 is 0 Å². The summed E-state index contributed by atoms with van der Waals surface area (Å²) in [4.78, 5) is 8.74. The van der Waals surface area contributed by atoms with Gasteiger partial charge in [0.05, 0.1) is 37.0 Å². The highest BCUT2D eigenvalue weighted by atomic mass is 32.2. The minimum absolute atomic E-state index is 0.0299. The fourth-order valence-electron chi connectivity index (χ4n) is 3.10. The van der Waals surface area contributed by atoms with Crippen LogP contribution < -0.4 is 15.2 Å². The number of hydrogen-bond donors (Lipinski definition) is 2. The first kappa shape index (κ1) is 27.3. The van der Waals surface area contributed by atoms with Gasteiger partial charge < -0.3 is 15.2 Å². The number of methoxy groups -OCH3 is 1. The Hall–Kier alpha value is -4.29. The number of nitrogens with two attached hydrogens (primary N) is 1. The highest BCUT2D eigenvalue weighted by Gasteiger charge is 2.14. The molecular formula is C25H28N6O5S. The Balaban J connectivity index is 0.000000695. The SMILES string of the molecule is COc1ccc(-n2cc(-c3ccc(N=C(N)c4ccccn4)cc3OC(C)C)nn2)cc1.CS(=O)(=O)O. The summed E-state index contributed by atoms with van der Waals surface area (Å²) >= 11 is 0. The third-order valence-corrected chi connectivity index (χ3v) is 4.61. The maximum Gasteiger partial charge on any atom is 0.261 e. The van der Waals surface area contributed by atoms with E-state index in [0.29, 0.717) is 34.9 Å². The van der Waals surface area contributed by atoms with E-state index in [1.165, 1.54) is 0 Å². The average molecular weight is 525 g/mol. The van der Waals surface area contributed by atoms with Gasteiger partial charge in [0.25, 0.3) is 10.1 Å². The lowest BCUT2D eigenvalue weighted by molar-refractivity contribution is 0.243. The standard InChI is InChI=1S/C24H24N6O2.CH4O3S/c1-16(2)32-23-14-17(27-24(25)21-6-4-5-13-26-21)7-12-20(23)22-15-30(29-28-22)18-8-10-19(31-3)11-9-18;1-5(2,3)4/h4-16H,1-3H3,(H2,25,27);1H3,(H,2,3,4). The molecule has 11 nitrogen and oxygen atoms in total. The first-order valence-electron chi connectivity index (χ1n) is 11.1. The predicted octanol–water partition coefficient (Wildman–Crippen LogP) is 3.67. The molecule has 2 aromatic carbocycles. The Morgan fingerprint density at radius 3 is 2.41 bits per heavy atom. The Morgan fingerprint density at radius 2 is 1.81 bits per heavy atom. The second-order valence-electron chi connectivity index (χ2n) is 8.04. The van der Waals surface area contributed by atoms with Gasteiger partial charge in [-0.3, -0.25) is 9.54 Å². The largest absolute Gasteiger partial charge is 0.497 e. The van der Waals surface area contributed by atoms with E-state index in [9.17, 15) is 8.42 Å². The quantitative estimate of drug-likeness (QED) is 0.209. The zero-order chi connectivity index (χ0) is 27.0. The third-order valence-electron chi connectivity index (χ3n) is 4.61. The lowest BCUT2D eigenvalue weighted by atomic mass is 10.1. The molecule has 4 rings (SSSR count). The topological polar surface area (TPSA) is 155 Å². The first-order chi connectivity index (χ1) is 17.5. The van der Waals surface area contributed by atoms with Crippen molar-refractivity contribution in [2.75, 3.05) is 13.4 Å². The van der Waals surface area contributed by atoms with Crippen molar-refractivity contribution in [2.45, 2.75) is 20.0 Å². The zero-order valence-electron chi connectivity index (χ0n) is 20.8. The number of pyridine rings is 1.